The second-order valence-electron chi connectivity index (χ2n) is 6.44. The number of benzene rings is 2. The highest BCUT2D eigenvalue weighted by Crippen LogP contribution is 2.22. The molecular formula is C21H19Cl2N3O4. The molecule has 9 heteroatoms. The minimum absolute atomic E-state index is 0.165. The van der Waals surface area contributed by atoms with E-state index in [2.05, 4.69) is 10.6 Å². The largest absolute Gasteiger partial charge is 0.452 e. The molecule has 0 aliphatic heterocycles. The molecule has 2 atom stereocenters. The van der Waals surface area contributed by atoms with E-state index in [1.54, 1.807) is 24.3 Å². The molecule has 30 heavy (non-hydrogen) atoms. The van der Waals surface area contributed by atoms with Gasteiger partial charge < -0.3 is 15.4 Å². The molecule has 0 saturated carbocycles. The molecule has 0 fully saturated rings. The van der Waals surface area contributed by atoms with Crippen LogP contribution < -0.4 is 10.6 Å². The van der Waals surface area contributed by atoms with Gasteiger partial charge in [-0.3, -0.25) is 14.4 Å². The molecule has 7 nitrogen and oxygen atoms in total. The minimum Gasteiger partial charge on any atom is -0.452 e. The molecule has 2 rings (SSSR count). The average Bonchev–Trinajstić information content (AvgIpc) is 2.67. The fourth-order valence-electron chi connectivity index (χ4n) is 2.59. The van der Waals surface area contributed by atoms with Crippen LogP contribution in [-0.4, -0.2) is 23.9 Å². The number of carbonyl (C=O) groups excluding carboxylic acids is 3. The van der Waals surface area contributed by atoms with Crippen LogP contribution in [0, 0.1) is 11.3 Å². The second-order valence-corrected chi connectivity index (χ2v) is 7.28. The first kappa shape index (κ1) is 23.2. The number of halogens is 2. The molecule has 0 bridgehead atoms. The fraction of sp³-hybridized carbons (Fsp3) is 0.238. The van der Waals surface area contributed by atoms with E-state index in [0.29, 0.717) is 16.3 Å². The number of nitrogens with one attached hydrogen (secondary N) is 2. The Labute approximate surface area is 183 Å². The topological polar surface area (TPSA) is 108 Å². The van der Waals surface area contributed by atoms with Crippen molar-refractivity contribution in [2.45, 2.75) is 32.4 Å². The van der Waals surface area contributed by atoms with Gasteiger partial charge in [0.05, 0.1) is 23.0 Å². The lowest BCUT2D eigenvalue weighted by Gasteiger charge is -2.19. The summed E-state index contributed by atoms with van der Waals surface area (Å²) in [5.41, 5.74) is 1.32. The van der Waals surface area contributed by atoms with Gasteiger partial charge in [-0.15, -0.1) is 0 Å². The van der Waals surface area contributed by atoms with Crippen LogP contribution in [0.3, 0.4) is 0 Å². The molecule has 2 unspecified atom stereocenters. The van der Waals surface area contributed by atoms with Crippen LogP contribution in [0.4, 0.5) is 5.69 Å². The Hall–Kier alpha value is -3.08. The predicted octanol–water partition coefficient (Wildman–Crippen LogP) is 4.00. The molecule has 2 aromatic rings. The first-order valence-corrected chi connectivity index (χ1v) is 9.67. The monoisotopic (exact) mass is 447 g/mol. The van der Waals surface area contributed by atoms with E-state index in [1.807, 2.05) is 6.07 Å². The molecule has 156 valence electrons. The molecule has 2 N–H and O–H groups in total. The highest BCUT2D eigenvalue weighted by molar-refractivity contribution is 6.32. The normalized spacial score (nSPS) is 12.2. The van der Waals surface area contributed by atoms with E-state index in [4.69, 9.17) is 33.2 Å². The number of ether oxygens (including phenoxy) is 1. The Bertz CT molecular complexity index is 987. The lowest BCUT2D eigenvalue weighted by Crippen LogP contribution is -2.33. The third-order valence-corrected chi connectivity index (χ3v) is 4.62. The summed E-state index contributed by atoms with van der Waals surface area (Å²) in [7, 11) is 0. The molecule has 0 heterocycles. The maximum Gasteiger partial charge on any atom is 0.309 e. The lowest BCUT2D eigenvalue weighted by atomic mass is 10.0. The van der Waals surface area contributed by atoms with Crippen molar-refractivity contribution in [2.24, 2.45) is 0 Å². The molecule has 0 spiro atoms. The number of nitriles is 1. The minimum atomic E-state index is -1.09. The van der Waals surface area contributed by atoms with Crippen LogP contribution in [0.1, 0.15) is 37.4 Å². The Morgan fingerprint density at radius 3 is 2.37 bits per heavy atom. The fourth-order valence-corrected chi connectivity index (χ4v) is 2.93. The highest BCUT2D eigenvalue weighted by atomic mass is 35.5. The van der Waals surface area contributed by atoms with Gasteiger partial charge in [0.2, 0.25) is 5.91 Å². The summed E-state index contributed by atoms with van der Waals surface area (Å²) in [6, 6.07) is 12.4. The van der Waals surface area contributed by atoms with E-state index in [-0.39, 0.29) is 22.9 Å². The number of carbonyl (C=O) groups is 3. The number of esters is 1. The van der Waals surface area contributed by atoms with Crippen molar-refractivity contribution in [3.05, 3.63) is 63.6 Å². The highest BCUT2D eigenvalue weighted by Gasteiger charge is 2.23. The van der Waals surface area contributed by atoms with Gasteiger partial charge in [0.1, 0.15) is 6.07 Å². The van der Waals surface area contributed by atoms with E-state index < -0.39 is 24.0 Å². The number of anilines is 1. The van der Waals surface area contributed by atoms with Gasteiger partial charge in [-0.25, -0.2) is 0 Å². The second kappa shape index (κ2) is 10.6. The van der Waals surface area contributed by atoms with E-state index >= 15 is 0 Å². The number of amides is 2. The molecular weight excluding hydrogens is 429 g/mol. The Morgan fingerprint density at radius 1 is 1.13 bits per heavy atom. The molecule has 0 aliphatic carbocycles. The van der Waals surface area contributed by atoms with Crippen LogP contribution in [0.15, 0.2) is 42.5 Å². The zero-order valence-electron chi connectivity index (χ0n) is 16.2. The van der Waals surface area contributed by atoms with Crippen LogP contribution in [0.5, 0.6) is 0 Å². The van der Waals surface area contributed by atoms with E-state index in [9.17, 15) is 14.4 Å². The molecule has 0 saturated heterocycles. The van der Waals surface area contributed by atoms with Gasteiger partial charge in [0.15, 0.2) is 6.10 Å². The van der Waals surface area contributed by atoms with Gasteiger partial charge in [-0.05, 0) is 42.8 Å². The quantitative estimate of drug-likeness (QED) is 0.623. The smallest absolute Gasteiger partial charge is 0.309 e. The standard InChI is InChI=1S/C21H19Cl2N3O4/c1-12(21(29)26-17-8-5-15(11-24)18(23)9-17)30-20(28)10-19(25-13(2)27)14-3-6-16(22)7-4-14/h3-9,12,19H,10H2,1-2H3,(H,25,27)(H,26,29). The SMILES string of the molecule is CC(=O)NC(CC(=O)OC(C)C(=O)Nc1ccc(C#N)c(Cl)c1)c1ccc(Cl)cc1. The third-order valence-electron chi connectivity index (χ3n) is 4.06. The number of rotatable bonds is 7. The predicted molar refractivity (Wildman–Crippen MR) is 113 cm³/mol. The van der Waals surface area contributed by atoms with Crippen LogP contribution in [-0.2, 0) is 19.1 Å². The van der Waals surface area contributed by atoms with Gasteiger partial charge >= 0.3 is 5.97 Å². The van der Waals surface area contributed by atoms with Gasteiger partial charge in [-0.1, -0.05) is 35.3 Å². The number of hydrogen-bond acceptors (Lipinski definition) is 5. The van der Waals surface area contributed by atoms with Crippen LogP contribution in [0.2, 0.25) is 10.0 Å². The van der Waals surface area contributed by atoms with Gasteiger partial charge in [0.25, 0.3) is 5.91 Å². The summed E-state index contributed by atoms with van der Waals surface area (Å²) in [5, 5.41) is 14.9. The Morgan fingerprint density at radius 2 is 1.80 bits per heavy atom. The maximum atomic E-state index is 12.3. The number of nitrogens with zero attached hydrogens (tertiary/aromatic N) is 1. The van der Waals surface area contributed by atoms with Crippen molar-refractivity contribution >= 4 is 46.7 Å². The molecule has 0 radical (unpaired) electrons. The summed E-state index contributed by atoms with van der Waals surface area (Å²) in [6.07, 6.45) is -1.25. The summed E-state index contributed by atoms with van der Waals surface area (Å²) < 4.78 is 5.20. The molecule has 0 aliphatic rings. The Kier molecular flexibility index (Phi) is 8.22. The zero-order chi connectivity index (χ0) is 22.3. The average molecular weight is 448 g/mol. The first-order valence-electron chi connectivity index (χ1n) is 8.92. The first-order chi connectivity index (χ1) is 14.2. The van der Waals surface area contributed by atoms with Crippen molar-refractivity contribution < 1.29 is 19.1 Å². The van der Waals surface area contributed by atoms with Crippen molar-refractivity contribution in [3.63, 3.8) is 0 Å². The van der Waals surface area contributed by atoms with Gasteiger partial charge in [-0.2, -0.15) is 5.26 Å². The van der Waals surface area contributed by atoms with Crippen molar-refractivity contribution in [3.8, 4) is 6.07 Å². The number of hydrogen-bond donors (Lipinski definition) is 2. The summed E-state index contributed by atoms with van der Waals surface area (Å²) in [5.74, 6) is -1.54. The zero-order valence-corrected chi connectivity index (χ0v) is 17.8. The van der Waals surface area contributed by atoms with E-state index in [0.717, 1.165) is 0 Å². The Balaban J connectivity index is 1.99. The maximum absolute atomic E-state index is 12.3. The van der Waals surface area contributed by atoms with Crippen molar-refractivity contribution in [2.75, 3.05) is 5.32 Å². The third kappa shape index (κ3) is 6.76. The van der Waals surface area contributed by atoms with Gasteiger partial charge in [0, 0.05) is 17.6 Å². The molecule has 2 amide bonds. The summed E-state index contributed by atoms with van der Waals surface area (Å²) in [6.45, 7) is 2.77. The van der Waals surface area contributed by atoms with E-state index in [1.165, 1.54) is 32.0 Å². The van der Waals surface area contributed by atoms with Crippen LogP contribution in [0.25, 0.3) is 0 Å². The van der Waals surface area contributed by atoms with Crippen molar-refractivity contribution in [1.82, 2.24) is 5.32 Å². The lowest BCUT2D eigenvalue weighted by molar-refractivity contribution is -0.153. The summed E-state index contributed by atoms with van der Waals surface area (Å²) in [4.78, 5) is 36.1. The van der Waals surface area contributed by atoms with Crippen molar-refractivity contribution in [1.29, 1.82) is 5.26 Å². The molecule has 2 aromatic carbocycles. The van der Waals surface area contributed by atoms with Crippen LogP contribution >= 0.6 is 23.2 Å². The summed E-state index contributed by atoms with van der Waals surface area (Å²) >= 11 is 11.8. The molecule has 0 aromatic heterocycles.